The number of rotatable bonds is 2. The number of nitrogens with zero attached hydrogens (tertiary/aromatic N) is 2. The fraction of sp³-hybridized carbons (Fsp3) is 0.286. The lowest BCUT2D eigenvalue weighted by Crippen LogP contribution is -2.03. The van der Waals surface area contributed by atoms with Gasteiger partial charge < -0.3 is 5.73 Å². The molecule has 2 N–H and O–H groups in total. The molecule has 3 heteroatoms. The monoisotopic (exact) mass is 227 g/mol. The minimum absolute atomic E-state index is 0.446. The zero-order valence-corrected chi connectivity index (χ0v) is 10.5. The number of hydrogen-bond donors (Lipinski definition) is 1. The number of aryl methyl sites for hydroxylation is 3. The summed E-state index contributed by atoms with van der Waals surface area (Å²) >= 11 is 0. The molecule has 0 aliphatic rings. The predicted molar refractivity (Wildman–Crippen MR) is 69.6 cm³/mol. The van der Waals surface area contributed by atoms with E-state index in [1.807, 2.05) is 13.0 Å². The molecule has 0 spiro atoms. The van der Waals surface area contributed by atoms with Gasteiger partial charge in [0.25, 0.3) is 0 Å². The van der Waals surface area contributed by atoms with E-state index in [9.17, 15) is 0 Å². The zero-order valence-electron chi connectivity index (χ0n) is 10.5. The second-order valence-electron chi connectivity index (χ2n) is 4.29. The SMILES string of the molecule is Cc1nc(CN)cc(-c2ccc(C)c(C)c2)n1. The standard InChI is InChI=1S/C14H17N3/c1-9-4-5-12(6-10(9)2)14-7-13(8-15)16-11(3)17-14/h4-7H,8,15H2,1-3H3. The highest BCUT2D eigenvalue weighted by atomic mass is 14.9. The van der Waals surface area contributed by atoms with Crippen molar-refractivity contribution in [3.8, 4) is 11.3 Å². The molecule has 0 saturated carbocycles. The van der Waals surface area contributed by atoms with Crippen LogP contribution in [-0.2, 0) is 6.54 Å². The second kappa shape index (κ2) is 4.63. The molecule has 0 aliphatic carbocycles. The Morgan fingerprint density at radius 1 is 1.00 bits per heavy atom. The highest BCUT2D eigenvalue weighted by Gasteiger charge is 2.04. The molecule has 88 valence electrons. The lowest BCUT2D eigenvalue weighted by molar-refractivity contribution is 0.929. The van der Waals surface area contributed by atoms with E-state index in [1.165, 1.54) is 11.1 Å². The summed E-state index contributed by atoms with van der Waals surface area (Å²) in [6, 6.07) is 8.31. The lowest BCUT2D eigenvalue weighted by Gasteiger charge is -2.07. The van der Waals surface area contributed by atoms with Crippen molar-refractivity contribution in [1.82, 2.24) is 9.97 Å². The average molecular weight is 227 g/mol. The maximum Gasteiger partial charge on any atom is 0.126 e. The molecule has 0 saturated heterocycles. The molecule has 1 aromatic carbocycles. The number of benzene rings is 1. The van der Waals surface area contributed by atoms with Crippen LogP contribution in [0.4, 0.5) is 0 Å². The Morgan fingerprint density at radius 3 is 2.41 bits per heavy atom. The Bertz CT molecular complexity index is 547. The minimum Gasteiger partial charge on any atom is -0.325 e. The van der Waals surface area contributed by atoms with Gasteiger partial charge in [0, 0.05) is 12.1 Å². The van der Waals surface area contributed by atoms with E-state index in [0.29, 0.717) is 6.54 Å². The summed E-state index contributed by atoms with van der Waals surface area (Å²) in [6.07, 6.45) is 0. The van der Waals surface area contributed by atoms with Crippen LogP contribution < -0.4 is 5.73 Å². The third-order valence-electron chi connectivity index (χ3n) is 2.90. The Hall–Kier alpha value is -1.74. The average Bonchev–Trinajstić information content (AvgIpc) is 2.32. The predicted octanol–water partition coefficient (Wildman–Crippen LogP) is 2.53. The van der Waals surface area contributed by atoms with E-state index in [2.05, 4.69) is 42.0 Å². The Balaban J connectivity index is 2.52. The van der Waals surface area contributed by atoms with Crippen LogP contribution >= 0.6 is 0 Å². The Labute approximate surface area is 102 Å². The van der Waals surface area contributed by atoms with Gasteiger partial charge >= 0.3 is 0 Å². The molecule has 0 aliphatic heterocycles. The molecule has 3 nitrogen and oxygen atoms in total. The van der Waals surface area contributed by atoms with Gasteiger partial charge in [0.1, 0.15) is 5.82 Å². The fourth-order valence-electron chi connectivity index (χ4n) is 1.78. The van der Waals surface area contributed by atoms with Gasteiger partial charge in [-0.1, -0.05) is 12.1 Å². The van der Waals surface area contributed by atoms with Crippen LogP contribution in [-0.4, -0.2) is 9.97 Å². The maximum absolute atomic E-state index is 5.63. The summed E-state index contributed by atoms with van der Waals surface area (Å²) in [4.78, 5) is 8.74. The van der Waals surface area contributed by atoms with E-state index < -0.39 is 0 Å². The van der Waals surface area contributed by atoms with Crippen LogP contribution in [0.5, 0.6) is 0 Å². The van der Waals surface area contributed by atoms with Crippen LogP contribution in [0.15, 0.2) is 24.3 Å². The topological polar surface area (TPSA) is 51.8 Å². The van der Waals surface area contributed by atoms with E-state index in [4.69, 9.17) is 5.73 Å². The summed E-state index contributed by atoms with van der Waals surface area (Å²) in [5.74, 6) is 0.765. The number of nitrogens with two attached hydrogens (primary N) is 1. The largest absolute Gasteiger partial charge is 0.325 e. The van der Waals surface area contributed by atoms with Crippen molar-refractivity contribution >= 4 is 0 Å². The van der Waals surface area contributed by atoms with Crippen molar-refractivity contribution in [1.29, 1.82) is 0 Å². The molecule has 2 rings (SSSR count). The molecule has 1 aromatic heterocycles. The first-order valence-corrected chi connectivity index (χ1v) is 5.72. The van der Waals surface area contributed by atoms with Crippen LogP contribution in [0.1, 0.15) is 22.6 Å². The first-order chi connectivity index (χ1) is 8.10. The molecule has 0 unspecified atom stereocenters. The fourth-order valence-corrected chi connectivity index (χ4v) is 1.78. The highest BCUT2D eigenvalue weighted by molar-refractivity contribution is 5.61. The van der Waals surface area contributed by atoms with Gasteiger partial charge in [0.05, 0.1) is 11.4 Å². The molecule has 0 amide bonds. The van der Waals surface area contributed by atoms with E-state index in [-0.39, 0.29) is 0 Å². The van der Waals surface area contributed by atoms with Crippen LogP contribution in [0.3, 0.4) is 0 Å². The first-order valence-electron chi connectivity index (χ1n) is 5.72. The molecular formula is C14H17N3. The summed E-state index contributed by atoms with van der Waals surface area (Å²) in [7, 11) is 0. The zero-order chi connectivity index (χ0) is 12.4. The molecular weight excluding hydrogens is 210 g/mol. The molecule has 1 heterocycles. The van der Waals surface area contributed by atoms with Crippen molar-refractivity contribution in [3.05, 3.63) is 46.9 Å². The summed E-state index contributed by atoms with van der Waals surface area (Å²) < 4.78 is 0. The van der Waals surface area contributed by atoms with Gasteiger partial charge in [-0.05, 0) is 44.0 Å². The van der Waals surface area contributed by atoms with Gasteiger partial charge in [0.15, 0.2) is 0 Å². The third kappa shape index (κ3) is 2.50. The second-order valence-corrected chi connectivity index (χ2v) is 4.29. The maximum atomic E-state index is 5.63. The van der Waals surface area contributed by atoms with Crippen molar-refractivity contribution in [2.24, 2.45) is 5.73 Å². The number of aromatic nitrogens is 2. The Kier molecular flexibility index (Phi) is 3.20. The van der Waals surface area contributed by atoms with Crippen LogP contribution in [0.25, 0.3) is 11.3 Å². The first kappa shape index (κ1) is 11.7. The molecule has 0 bridgehead atoms. The molecule has 0 atom stereocenters. The molecule has 0 fully saturated rings. The van der Waals surface area contributed by atoms with E-state index in [1.54, 1.807) is 0 Å². The summed E-state index contributed by atoms with van der Waals surface area (Å²) in [5, 5.41) is 0. The molecule has 17 heavy (non-hydrogen) atoms. The smallest absolute Gasteiger partial charge is 0.126 e. The van der Waals surface area contributed by atoms with Gasteiger partial charge in [-0.2, -0.15) is 0 Å². The van der Waals surface area contributed by atoms with Crippen molar-refractivity contribution in [2.45, 2.75) is 27.3 Å². The highest BCUT2D eigenvalue weighted by Crippen LogP contribution is 2.20. The Morgan fingerprint density at radius 2 is 1.76 bits per heavy atom. The van der Waals surface area contributed by atoms with E-state index >= 15 is 0 Å². The van der Waals surface area contributed by atoms with Crippen molar-refractivity contribution in [2.75, 3.05) is 0 Å². The van der Waals surface area contributed by atoms with Crippen molar-refractivity contribution < 1.29 is 0 Å². The number of hydrogen-bond acceptors (Lipinski definition) is 3. The summed E-state index contributed by atoms with van der Waals surface area (Å²) in [5.41, 5.74) is 11.1. The third-order valence-corrected chi connectivity index (χ3v) is 2.90. The van der Waals surface area contributed by atoms with Gasteiger partial charge in [0.2, 0.25) is 0 Å². The van der Waals surface area contributed by atoms with Gasteiger partial charge in [-0.15, -0.1) is 0 Å². The van der Waals surface area contributed by atoms with Crippen LogP contribution in [0, 0.1) is 20.8 Å². The molecule has 0 radical (unpaired) electrons. The lowest BCUT2D eigenvalue weighted by atomic mass is 10.0. The van der Waals surface area contributed by atoms with Gasteiger partial charge in [-0.3, -0.25) is 0 Å². The van der Waals surface area contributed by atoms with Crippen LogP contribution in [0.2, 0.25) is 0 Å². The van der Waals surface area contributed by atoms with Gasteiger partial charge in [-0.25, -0.2) is 9.97 Å². The quantitative estimate of drug-likeness (QED) is 0.857. The normalized spacial score (nSPS) is 10.6. The molecule has 2 aromatic rings. The van der Waals surface area contributed by atoms with E-state index in [0.717, 1.165) is 22.8 Å². The van der Waals surface area contributed by atoms with Crippen molar-refractivity contribution in [3.63, 3.8) is 0 Å². The minimum atomic E-state index is 0.446. The summed E-state index contributed by atoms with van der Waals surface area (Å²) in [6.45, 7) is 6.55.